The predicted octanol–water partition coefficient (Wildman–Crippen LogP) is 6.58. The Morgan fingerprint density at radius 2 is 1.75 bits per heavy atom. The van der Waals surface area contributed by atoms with Gasteiger partial charge in [-0.15, -0.1) is 0 Å². The summed E-state index contributed by atoms with van der Waals surface area (Å²) >= 11 is 6.16. The van der Waals surface area contributed by atoms with Crippen molar-refractivity contribution >= 4 is 39.9 Å². The molecule has 1 amide bonds. The minimum absolute atomic E-state index is 0.00117. The zero-order valence-electron chi connectivity index (χ0n) is 19.9. The summed E-state index contributed by atoms with van der Waals surface area (Å²) in [5.74, 6) is 0.209. The SMILES string of the molecule is CCCCOc1ccc(C2c3c(oc4ccc(Cl)cc4c3=O)C(=O)N2c2ccc(C(C)=O)cc2)cc1. The van der Waals surface area contributed by atoms with Gasteiger partial charge in [0, 0.05) is 16.3 Å². The molecule has 0 N–H and O–H groups in total. The minimum atomic E-state index is -0.722. The molecule has 3 aromatic carbocycles. The van der Waals surface area contributed by atoms with E-state index in [4.69, 9.17) is 20.8 Å². The van der Waals surface area contributed by atoms with E-state index in [-0.39, 0.29) is 22.5 Å². The Morgan fingerprint density at radius 1 is 1.03 bits per heavy atom. The number of amides is 1. The minimum Gasteiger partial charge on any atom is -0.494 e. The van der Waals surface area contributed by atoms with Crippen LogP contribution in [-0.2, 0) is 0 Å². The third-order valence-electron chi connectivity index (χ3n) is 6.35. The van der Waals surface area contributed by atoms with E-state index in [2.05, 4.69) is 6.92 Å². The van der Waals surface area contributed by atoms with Crippen LogP contribution < -0.4 is 15.1 Å². The Bertz CT molecular complexity index is 1520. The van der Waals surface area contributed by atoms with Crippen molar-refractivity contribution in [1.29, 1.82) is 0 Å². The fraction of sp³-hybridized carbons (Fsp3) is 0.207. The number of halogens is 1. The fourth-order valence-electron chi connectivity index (χ4n) is 4.46. The van der Waals surface area contributed by atoms with Crippen LogP contribution in [0, 0.1) is 0 Å². The maximum Gasteiger partial charge on any atom is 0.295 e. The standard InChI is InChI=1S/C29H24ClNO5/c1-3-4-15-35-22-12-7-19(8-13-22)26-25-27(33)23-16-20(30)9-14-24(23)36-28(25)29(34)31(26)21-10-5-18(6-11-21)17(2)32/h5-14,16,26H,3-4,15H2,1-2H3. The van der Waals surface area contributed by atoms with Crippen LogP contribution in [0.25, 0.3) is 11.0 Å². The number of carbonyl (C=O) groups excluding carboxylic acids is 2. The van der Waals surface area contributed by atoms with Gasteiger partial charge in [-0.3, -0.25) is 19.3 Å². The maximum atomic E-state index is 13.7. The Balaban J connectivity index is 1.66. The van der Waals surface area contributed by atoms with Gasteiger partial charge >= 0.3 is 0 Å². The van der Waals surface area contributed by atoms with Gasteiger partial charge in [-0.05, 0) is 73.5 Å². The molecule has 7 heteroatoms. The number of unbranched alkanes of at least 4 members (excludes halogenated alkanes) is 1. The molecule has 5 rings (SSSR count). The highest BCUT2D eigenvalue weighted by Crippen LogP contribution is 2.41. The van der Waals surface area contributed by atoms with Crippen LogP contribution in [0.3, 0.4) is 0 Å². The number of carbonyl (C=O) groups is 2. The van der Waals surface area contributed by atoms with E-state index in [1.54, 1.807) is 42.5 Å². The number of ketones is 1. The van der Waals surface area contributed by atoms with Crippen LogP contribution in [-0.4, -0.2) is 18.3 Å². The largest absolute Gasteiger partial charge is 0.494 e. The molecule has 1 aliphatic rings. The molecule has 36 heavy (non-hydrogen) atoms. The van der Waals surface area contributed by atoms with Gasteiger partial charge in [0.1, 0.15) is 11.3 Å². The van der Waals surface area contributed by atoms with Crippen molar-refractivity contribution in [3.05, 3.63) is 104 Å². The van der Waals surface area contributed by atoms with Crippen molar-refractivity contribution < 1.29 is 18.7 Å². The second kappa shape index (κ2) is 9.63. The van der Waals surface area contributed by atoms with Crippen LogP contribution in [0.1, 0.15) is 64.8 Å². The molecule has 0 spiro atoms. The second-order valence-electron chi connectivity index (χ2n) is 8.77. The van der Waals surface area contributed by atoms with Crippen molar-refractivity contribution in [3.8, 4) is 5.75 Å². The van der Waals surface area contributed by atoms with Crippen LogP contribution in [0.2, 0.25) is 5.02 Å². The summed E-state index contributed by atoms with van der Waals surface area (Å²) in [5.41, 5.74) is 2.05. The Kier molecular flexibility index (Phi) is 6.37. The Morgan fingerprint density at radius 3 is 2.42 bits per heavy atom. The Labute approximate surface area is 213 Å². The van der Waals surface area contributed by atoms with E-state index in [0.29, 0.717) is 39.6 Å². The quantitative estimate of drug-likeness (QED) is 0.211. The summed E-state index contributed by atoms with van der Waals surface area (Å²) in [5, 5.41) is 0.716. The predicted molar refractivity (Wildman–Crippen MR) is 139 cm³/mol. The van der Waals surface area contributed by atoms with Gasteiger partial charge in [-0.2, -0.15) is 0 Å². The highest BCUT2D eigenvalue weighted by atomic mass is 35.5. The number of ether oxygens (including phenoxy) is 1. The first-order valence-electron chi connectivity index (χ1n) is 11.8. The highest BCUT2D eigenvalue weighted by Gasteiger charge is 2.43. The van der Waals surface area contributed by atoms with Gasteiger partial charge in [0.15, 0.2) is 11.2 Å². The average Bonchev–Trinajstić information content (AvgIpc) is 3.17. The molecule has 1 aromatic heterocycles. The number of rotatable bonds is 7. The van der Waals surface area contributed by atoms with Gasteiger partial charge in [0.2, 0.25) is 5.76 Å². The molecule has 1 atom stereocenters. The van der Waals surface area contributed by atoms with Crippen LogP contribution >= 0.6 is 11.6 Å². The lowest BCUT2D eigenvalue weighted by molar-refractivity contribution is 0.0970. The zero-order chi connectivity index (χ0) is 25.4. The van der Waals surface area contributed by atoms with E-state index in [1.807, 2.05) is 24.3 Å². The lowest BCUT2D eigenvalue weighted by atomic mass is 9.98. The summed E-state index contributed by atoms with van der Waals surface area (Å²) in [6, 6.07) is 18.2. The summed E-state index contributed by atoms with van der Waals surface area (Å²) in [6.45, 7) is 4.20. The smallest absolute Gasteiger partial charge is 0.295 e. The number of fused-ring (bicyclic) bond motifs is 2. The molecular weight excluding hydrogens is 478 g/mol. The van der Waals surface area contributed by atoms with E-state index in [1.165, 1.54) is 11.8 Å². The molecular formula is C29H24ClNO5. The van der Waals surface area contributed by atoms with Crippen LogP contribution in [0.4, 0.5) is 5.69 Å². The third-order valence-corrected chi connectivity index (χ3v) is 6.58. The molecule has 182 valence electrons. The van der Waals surface area contributed by atoms with Gasteiger partial charge in [0.05, 0.1) is 23.6 Å². The van der Waals surface area contributed by atoms with Gasteiger partial charge in [-0.1, -0.05) is 37.1 Å². The van der Waals surface area contributed by atoms with Crippen molar-refractivity contribution in [2.45, 2.75) is 32.7 Å². The fourth-order valence-corrected chi connectivity index (χ4v) is 4.64. The van der Waals surface area contributed by atoms with Crippen LogP contribution in [0.5, 0.6) is 5.75 Å². The topological polar surface area (TPSA) is 76.8 Å². The first kappa shape index (κ1) is 23.8. The summed E-state index contributed by atoms with van der Waals surface area (Å²) in [6.07, 6.45) is 1.98. The summed E-state index contributed by atoms with van der Waals surface area (Å²) < 4.78 is 11.8. The Hall–Kier alpha value is -3.90. The summed E-state index contributed by atoms with van der Waals surface area (Å²) in [4.78, 5) is 40.7. The number of hydrogen-bond acceptors (Lipinski definition) is 5. The summed E-state index contributed by atoms with van der Waals surface area (Å²) in [7, 11) is 0. The van der Waals surface area contributed by atoms with Gasteiger partial charge in [0.25, 0.3) is 5.91 Å². The first-order chi connectivity index (χ1) is 17.4. The lowest BCUT2D eigenvalue weighted by Crippen LogP contribution is -2.29. The molecule has 0 aliphatic carbocycles. The zero-order valence-corrected chi connectivity index (χ0v) is 20.7. The maximum absolute atomic E-state index is 13.7. The second-order valence-corrected chi connectivity index (χ2v) is 9.20. The molecule has 2 heterocycles. The average molecular weight is 502 g/mol. The molecule has 4 aromatic rings. The number of benzene rings is 3. The highest BCUT2D eigenvalue weighted by molar-refractivity contribution is 6.31. The molecule has 1 unspecified atom stereocenters. The van der Waals surface area contributed by atoms with E-state index in [0.717, 1.165) is 18.4 Å². The molecule has 0 saturated carbocycles. The van der Waals surface area contributed by atoms with Gasteiger partial charge in [-0.25, -0.2) is 0 Å². The van der Waals surface area contributed by atoms with E-state index < -0.39 is 11.9 Å². The molecule has 1 aliphatic heterocycles. The van der Waals surface area contributed by atoms with Gasteiger partial charge < -0.3 is 9.15 Å². The number of anilines is 1. The van der Waals surface area contributed by atoms with E-state index in [9.17, 15) is 14.4 Å². The molecule has 0 saturated heterocycles. The van der Waals surface area contributed by atoms with Crippen LogP contribution in [0.15, 0.2) is 75.9 Å². The normalized spacial score (nSPS) is 14.8. The lowest BCUT2D eigenvalue weighted by Gasteiger charge is -2.25. The third kappa shape index (κ3) is 4.18. The monoisotopic (exact) mass is 501 g/mol. The van der Waals surface area contributed by atoms with Crippen molar-refractivity contribution in [2.24, 2.45) is 0 Å². The number of nitrogens with zero attached hydrogens (tertiary/aromatic N) is 1. The van der Waals surface area contributed by atoms with Crippen molar-refractivity contribution in [2.75, 3.05) is 11.5 Å². The van der Waals surface area contributed by atoms with Crippen molar-refractivity contribution in [1.82, 2.24) is 0 Å². The first-order valence-corrected chi connectivity index (χ1v) is 12.2. The van der Waals surface area contributed by atoms with Crippen molar-refractivity contribution in [3.63, 3.8) is 0 Å². The number of hydrogen-bond donors (Lipinski definition) is 0. The molecule has 0 bridgehead atoms. The molecule has 6 nitrogen and oxygen atoms in total. The molecule has 0 radical (unpaired) electrons. The molecule has 0 fully saturated rings. The van der Waals surface area contributed by atoms with E-state index >= 15 is 0 Å². The number of Topliss-reactive ketones (excluding diaryl/α,β-unsaturated/α-hetero) is 1.